The smallest absolute Gasteiger partial charge is 0.338 e. The van der Waals surface area contributed by atoms with Gasteiger partial charge in [-0.1, -0.05) is 12.1 Å². The molecule has 0 bridgehead atoms. The molecular formula is C17H17IN4O2. The van der Waals surface area contributed by atoms with Crippen LogP contribution in [-0.4, -0.2) is 33.4 Å². The SMILES string of the molecule is CC1(CN(O)C(N)=O)N=c2cccc(I)c2=C1Cc1cccnc1. The molecule has 2 heterocycles. The first-order chi connectivity index (χ1) is 11.4. The summed E-state index contributed by atoms with van der Waals surface area (Å²) < 4.78 is 1.08. The lowest BCUT2D eigenvalue weighted by molar-refractivity contribution is -0.0474. The Balaban J connectivity index is 2.13. The van der Waals surface area contributed by atoms with Gasteiger partial charge in [0.15, 0.2) is 0 Å². The van der Waals surface area contributed by atoms with Gasteiger partial charge in [0.05, 0.1) is 11.9 Å². The number of hydrogen-bond donors (Lipinski definition) is 2. The van der Waals surface area contributed by atoms with E-state index in [4.69, 9.17) is 10.7 Å². The normalized spacial score (nSPS) is 18.9. The fraction of sp³-hybridized carbons (Fsp3) is 0.235. The summed E-state index contributed by atoms with van der Waals surface area (Å²) in [5.41, 5.74) is 6.52. The molecule has 1 aliphatic heterocycles. The largest absolute Gasteiger partial charge is 0.350 e. The van der Waals surface area contributed by atoms with Crippen LogP contribution < -0.4 is 16.3 Å². The third-order valence-corrected chi connectivity index (χ3v) is 5.03. The molecule has 2 amide bonds. The van der Waals surface area contributed by atoms with E-state index < -0.39 is 11.6 Å². The van der Waals surface area contributed by atoms with Gasteiger partial charge < -0.3 is 5.73 Å². The predicted molar refractivity (Wildman–Crippen MR) is 97.8 cm³/mol. The Morgan fingerprint density at radius 3 is 2.83 bits per heavy atom. The molecule has 1 aromatic carbocycles. The minimum Gasteiger partial charge on any atom is -0.350 e. The minimum atomic E-state index is -0.891. The van der Waals surface area contributed by atoms with Crippen molar-refractivity contribution in [1.29, 1.82) is 0 Å². The number of urea groups is 1. The Labute approximate surface area is 152 Å². The van der Waals surface area contributed by atoms with Crippen LogP contribution in [-0.2, 0) is 6.42 Å². The number of nitrogens with two attached hydrogens (primary N) is 1. The molecule has 1 unspecified atom stereocenters. The summed E-state index contributed by atoms with van der Waals surface area (Å²) in [6.07, 6.45) is 4.17. The van der Waals surface area contributed by atoms with Crippen LogP contribution in [0.15, 0.2) is 47.7 Å². The lowest BCUT2D eigenvalue weighted by Crippen LogP contribution is -2.44. The van der Waals surface area contributed by atoms with E-state index in [1.54, 1.807) is 6.20 Å². The number of hydroxylamine groups is 2. The molecule has 1 atom stereocenters. The van der Waals surface area contributed by atoms with E-state index in [1.807, 2.05) is 43.5 Å². The van der Waals surface area contributed by atoms with Crippen molar-refractivity contribution < 1.29 is 10.0 Å². The highest BCUT2D eigenvalue weighted by atomic mass is 127. The maximum absolute atomic E-state index is 11.3. The van der Waals surface area contributed by atoms with Crippen molar-refractivity contribution in [2.75, 3.05) is 6.54 Å². The molecule has 1 aliphatic rings. The number of pyridine rings is 1. The molecule has 0 radical (unpaired) electrons. The average Bonchev–Trinajstić information content (AvgIpc) is 2.81. The van der Waals surface area contributed by atoms with Crippen molar-refractivity contribution in [2.24, 2.45) is 10.7 Å². The minimum absolute atomic E-state index is 0.00267. The highest BCUT2D eigenvalue weighted by Gasteiger charge is 2.36. The average molecular weight is 436 g/mol. The number of benzene rings is 1. The van der Waals surface area contributed by atoms with Crippen LogP contribution in [0.5, 0.6) is 0 Å². The third-order valence-electron chi connectivity index (χ3n) is 4.13. The van der Waals surface area contributed by atoms with Gasteiger partial charge in [0, 0.05) is 21.2 Å². The lowest BCUT2D eigenvalue weighted by atomic mass is 9.88. The third kappa shape index (κ3) is 3.13. The Bertz CT molecular complexity index is 901. The van der Waals surface area contributed by atoms with Gasteiger partial charge in [0.25, 0.3) is 0 Å². The first kappa shape index (κ1) is 16.8. The predicted octanol–water partition coefficient (Wildman–Crippen LogP) is 1.24. The number of rotatable bonds is 4. The van der Waals surface area contributed by atoms with Gasteiger partial charge in [0.2, 0.25) is 0 Å². The summed E-state index contributed by atoms with van der Waals surface area (Å²) in [7, 11) is 0. The van der Waals surface area contributed by atoms with E-state index in [0.717, 1.165) is 25.3 Å². The maximum atomic E-state index is 11.3. The summed E-state index contributed by atoms with van der Waals surface area (Å²) in [5, 5.41) is 12.3. The van der Waals surface area contributed by atoms with Gasteiger partial charge in [-0.3, -0.25) is 15.2 Å². The maximum Gasteiger partial charge on any atom is 0.338 e. The number of aromatic nitrogens is 1. The number of amides is 2. The second kappa shape index (κ2) is 6.48. The number of fused-ring (bicyclic) bond motifs is 1. The van der Waals surface area contributed by atoms with Crippen molar-refractivity contribution in [3.05, 3.63) is 62.4 Å². The number of hydrogen-bond acceptors (Lipinski definition) is 4. The second-order valence-corrected chi connectivity index (χ2v) is 7.09. The zero-order valence-electron chi connectivity index (χ0n) is 13.1. The van der Waals surface area contributed by atoms with Crippen molar-refractivity contribution in [1.82, 2.24) is 10.0 Å². The van der Waals surface area contributed by atoms with Crippen LogP contribution in [0.1, 0.15) is 12.5 Å². The van der Waals surface area contributed by atoms with Crippen LogP contribution >= 0.6 is 22.6 Å². The van der Waals surface area contributed by atoms with Crippen LogP contribution in [0.4, 0.5) is 4.79 Å². The molecular weight excluding hydrogens is 419 g/mol. The molecule has 3 N–H and O–H groups in total. The molecule has 6 nitrogen and oxygen atoms in total. The van der Waals surface area contributed by atoms with Crippen molar-refractivity contribution >= 4 is 34.2 Å². The fourth-order valence-corrected chi connectivity index (χ4v) is 3.80. The Morgan fingerprint density at radius 1 is 1.38 bits per heavy atom. The number of nitrogens with zero attached hydrogens (tertiary/aromatic N) is 3. The number of carbonyl (C=O) groups excluding carboxylic acids is 1. The quantitative estimate of drug-likeness (QED) is 0.429. The molecule has 0 spiro atoms. The first-order valence-electron chi connectivity index (χ1n) is 7.43. The lowest BCUT2D eigenvalue weighted by Gasteiger charge is -2.28. The standard InChI is InChI=1S/C17H17IN4O2/c1-17(10-22(24)16(19)23)12(8-11-4-3-7-20-9-11)15-13(18)5-2-6-14(15)21-17/h2-7,9,24H,8,10H2,1H3,(H2,19,23). The Morgan fingerprint density at radius 2 is 2.17 bits per heavy atom. The number of primary amides is 1. The Kier molecular flexibility index (Phi) is 4.55. The summed E-state index contributed by atoms with van der Waals surface area (Å²) in [4.78, 5) is 20.2. The van der Waals surface area contributed by atoms with E-state index in [-0.39, 0.29) is 6.54 Å². The van der Waals surface area contributed by atoms with Crippen molar-refractivity contribution in [3.63, 3.8) is 0 Å². The molecule has 124 valence electrons. The van der Waals surface area contributed by atoms with Gasteiger partial charge in [0.1, 0.15) is 5.54 Å². The van der Waals surface area contributed by atoms with E-state index in [9.17, 15) is 10.0 Å². The number of halogens is 1. The molecule has 2 aromatic rings. The molecule has 7 heteroatoms. The number of carbonyl (C=O) groups is 1. The molecule has 0 saturated heterocycles. The molecule has 3 rings (SSSR count). The topological polar surface area (TPSA) is 91.8 Å². The summed E-state index contributed by atoms with van der Waals surface area (Å²) in [5.74, 6) is 0. The second-order valence-electron chi connectivity index (χ2n) is 5.93. The molecule has 0 fully saturated rings. The highest BCUT2D eigenvalue weighted by Crippen LogP contribution is 2.28. The molecule has 0 aliphatic carbocycles. The van der Waals surface area contributed by atoms with E-state index in [2.05, 4.69) is 27.6 Å². The van der Waals surface area contributed by atoms with Crippen molar-refractivity contribution in [3.8, 4) is 0 Å². The zero-order valence-corrected chi connectivity index (χ0v) is 15.3. The molecule has 24 heavy (non-hydrogen) atoms. The highest BCUT2D eigenvalue weighted by molar-refractivity contribution is 14.1. The van der Waals surface area contributed by atoms with Gasteiger partial charge >= 0.3 is 6.03 Å². The summed E-state index contributed by atoms with van der Waals surface area (Å²) >= 11 is 2.28. The monoisotopic (exact) mass is 436 g/mol. The van der Waals surface area contributed by atoms with Crippen molar-refractivity contribution in [2.45, 2.75) is 18.9 Å². The van der Waals surface area contributed by atoms with Crippen LogP contribution in [0.2, 0.25) is 0 Å². The molecule has 0 saturated carbocycles. The van der Waals surface area contributed by atoms with Gasteiger partial charge in [-0.2, -0.15) is 0 Å². The fourth-order valence-electron chi connectivity index (χ4n) is 2.99. The van der Waals surface area contributed by atoms with Crippen LogP contribution in [0, 0.1) is 3.57 Å². The zero-order chi connectivity index (χ0) is 17.3. The van der Waals surface area contributed by atoms with E-state index in [1.165, 1.54) is 0 Å². The summed E-state index contributed by atoms with van der Waals surface area (Å²) in [6, 6.07) is 8.91. The first-order valence-corrected chi connectivity index (χ1v) is 8.51. The van der Waals surface area contributed by atoms with Gasteiger partial charge in [-0.05, 0) is 65.3 Å². The van der Waals surface area contributed by atoms with E-state index in [0.29, 0.717) is 11.5 Å². The van der Waals surface area contributed by atoms with Crippen LogP contribution in [0.25, 0.3) is 5.57 Å². The molecule has 1 aromatic heterocycles. The van der Waals surface area contributed by atoms with E-state index >= 15 is 0 Å². The van der Waals surface area contributed by atoms with Gasteiger partial charge in [-0.15, -0.1) is 0 Å². The summed E-state index contributed by atoms with van der Waals surface area (Å²) in [6.45, 7) is 1.91. The van der Waals surface area contributed by atoms with Gasteiger partial charge in [-0.25, -0.2) is 9.86 Å². The Hall–Kier alpha value is -2.00. The van der Waals surface area contributed by atoms with Crippen LogP contribution in [0.3, 0.4) is 0 Å².